The molecule has 3 rings (SSSR count). The Morgan fingerprint density at radius 2 is 1.95 bits per heavy atom. The van der Waals surface area contributed by atoms with Crippen molar-refractivity contribution in [3.05, 3.63) is 69.9 Å². The second kappa shape index (κ2) is 6.03. The zero-order valence-electron chi connectivity index (χ0n) is 12.7. The molecule has 4 heteroatoms. The van der Waals surface area contributed by atoms with E-state index in [-0.39, 0.29) is 6.17 Å². The molecule has 114 valence electrons. The van der Waals surface area contributed by atoms with Gasteiger partial charge in [0.25, 0.3) is 0 Å². The predicted molar refractivity (Wildman–Crippen MR) is 90.7 cm³/mol. The first-order valence-corrected chi connectivity index (χ1v) is 7.59. The fourth-order valence-corrected chi connectivity index (χ4v) is 2.83. The van der Waals surface area contributed by atoms with Gasteiger partial charge in [-0.15, -0.1) is 0 Å². The van der Waals surface area contributed by atoms with Crippen molar-refractivity contribution in [3.8, 4) is 5.75 Å². The molecule has 22 heavy (non-hydrogen) atoms. The van der Waals surface area contributed by atoms with Crippen molar-refractivity contribution in [1.29, 1.82) is 0 Å². The lowest BCUT2D eigenvalue weighted by Crippen LogP contribution is -2.32. The number of hydrogen-bond donors (Lipinski definition) is 1. The molecule has 2 aromatic rings. The summed E-state index contributed by atoms with van der Waals surface area (Å²) in [5.74, 6) is 0.859. The van der Waals surface area contributed by atoms with Crippen LogP contribution in [0.3, 0.4) is 0 Å². The van der Waals surface area contributed by atoms with Gasteiger partial charge in [0.05, 0.1) is 7.11 Å². The predicted octanol–water partition coefficient (Wildman–Crippen LogP) is 4.10. The molecule has 0 bridgehead atoms. The number of methoxy groups -OCH3 is 1. The average Bonchev–Trinajstić information content (AvgIpc) is 2.53. The lowest BCUT2D eigenvalue weighted by Gasteiger charge is -2.32. The van der Waals surface area contributed by atoms with Gasteiger partial charge in [-0.2, -0.15) is 0 Å². The number of nitrogens with zero attached hydrogens (tertiary/aromatic N) is 1. The third-order valence-corrected chi connectivity index (χ3v) is 4.42. The minimum Gasteiger partial charge on any atom is -0.497 e. The molecule has 0 aliphatic carbocycles. The number of ether oxygens (including phenoxy) is 1. The molecule has 0 saturated carbocycles. The molecule has 0 aromatic heterocycles. The zero-order chi connectivity index (χ0) is 15.7. The first-order valence-electron chi connectivity index (χ1n) is 7.21. The van der Waals surface area contributed by atoms with E-state index in [9.17, 15) is 0 Å². The van der Waals surface area contributed by atoms with E-state index in [1.54, 1.807) is 7.11 Å². The molecule has 0 saturated heterocycles. The number of hydrogen-bond acceptors (Lipinski definition) is 3. The summed E-state index contributed by atoms with van der Waals surface area (Å²) in [4.78, 5) is 2.12. The molecule has 3 nitrogen and oxygen atoms in total. The van der Waals surface area contributed by atoms with Gasteiger partial charge in [-0.1, -0.05) is 29.8 Å². The molecule has 1 heterocycles. The lowest BCUT2D eigenvalue weighted by atomic mass is 9.98. The van der Waals surface area contributed by atoms with Gasteiger partial charge in [-0.25, -0.2) is 0 Å². The maximum Gasteiger partial charge on any atom is 0.118 e. The van der Waals surface area contributed by atoms with Crippen LogP contribution in [0.4, 0.5) is 0 Å². The maximum absolute atomic E-state index is 6.42. The fraction of sp³-hybridized carbons (Fsp3) is 0.222. The number of halogens is 1. The monoisotopic (exact) mass is 314 g/mol. The van der Waals surface area contributed by atoms with Crippen LogP contribution in [-0.2, 0) is 6.54 Å². The summed E-state index contributed by atoms with van der Waals surface area (Å²) < 4.78 is 5.19. The molecule has 0 spiro atoms. The normalized spacial score (nSPS) is 16.5. The summed E-state index contributed by atoms with van der Waals surface area (Å²) in [6.45, 7) is 2.75. The highest BCUT2D eigenvalue weighted by Gasteiger charge is 2.21. The molecule has 0 amide bonds. The molecule has 0 fully saturated rings. The van der Waals surface area contributed by atoms with Gasteiger partial charge in [-0.3, -0.25) is 0 Å². The lowest BCUT2D eigenvalue weighted by molar-refractivity contribution is 0.275. The van der Waals surface area contributed by atoms with E-state index in [2.05, 4.69) is 29.2 Å². The van der Waals surface area contributed by atoms with E-state index < -0.39 is 0 Å². The minimum atomic E-state index is -0.168. The Morgan fingerprint density at radius 1 is 1.23 bits per heavy atom. The van der Waals surface area contributed by atoms with E-state index in [1.165, 1.54) is 5.56 Å². The van der Waals surface area contributed by atoms with Crippen molar-refractivity contribution < 1.29 is 4.74 Å². The molecule has 2 aromatic carbocycles. The zero-order valence-corrected chi connectivity index (χ0v) is 13.5. The van der Waals surface area contributed by atoms with E-state index >= 15 is 0 Å². The molecule has 1 aliphatic rings. The van der Waals surface area contributed by atoms with Crippen molar-refractivity contribution >= 4 is 17.7 Å². The minimum absolute atomic E-state index is 0.168. The highest BCUT2D eigenvalue weighted by molar-refractivity contribution is 6.31. The van der Waals surface area contributed by atoms with Crippen LogP contribution >= 0.6 is 11.6 Å². The Balaban J connectivity index is 1.83. The van der Waals surface area contributed by atoms with Crippen LogP contribution < -0.4 is 10.5 Å². The summed E-state index contributed by atoms with van der Waals surface area (Å²) in [7, 11) is 1.67. The number of aryl methyl sites for hydroxylation is 1. The highest BCUT2D eigenvalue weighted by atomic mass is 35.5. The van der Waals surface area contributed by atoms with Crippen LogP contribution in [0.25, 0.3) is 6.08 Å². The van der Waals surface area contributed by atoms with Gasteiger partial charge in [0.15, 0.2) is 0 Å². The maximum atomic E-state index is 6.42. The topological polar surface area (TPSA) is 38.5 Å². The van der Waals surface area contributed by atoms with Crippen molar-refractivity contribution in [2.75, 3.05) is 7.11 Å². The summed E-state index contributed by atoms with van der Waals surface area (Å²) >= 11 is 6.19. The standard InChI is InChI=1S/C18H19ClN2O/c1-12-9-16-14(10-17(12)19)7-8-21(18(16)20)11-13-3-5-15(22-2)6-4-13/h3-10,18H,11,20H2,1-2H3. The SMILES string of the molecule is COc1ccc(CN2C=Cc3cc(Cl)c(C)cc3C2N)cc1. The largest absolute Gasteiger partial charge is 0.497 e. The van der Waals surface area contributed by atoms with E-state index in [1.807, 2.05) is 31.3 Å². The first kappa shape index (κ1) is 14.9. The Labute approximate surface area is 135 Å². The summed E-state index contributed by atoms with van der Waals surface area (Å²) in [5.41, 5.74) is 10.9. The van der Waals surface area contributed by atoms with E-state index in [4.69, 9.17) is 22.1 Å². The van der Waals surface area contributed by atoms with Crippen molar-refractivity contribution in [1.82, 2.24) is 4.90 Å². The third kappa shape index (κ3) is 2.82. The fourth-order valence-electron chi connectivity index (χ4n) is 2.66. The number of rotatable bonds is 3. The van der Waals surface area contributed by atoms with Gasteiger partial charge in [-0.05, 0) is 53.5 Å². The van der Waals surface area contributed by atoms with E-state index in [0.29, 0.717) is 0 Å². The van der Waals surface area contributed by atoms with Crippen molar-refractivity contribution in [2.24, 2.45) is 5.73 Å². The smallest absolute Gasteiger partial charge is 0.118 e. The van der Waals surface area contributed by atoms with Gasteiger partial charge in [0.2, 0.25) is 0 Å². The molecular formula is C18H19ClN2O. The second-order valence-corrected chi connectivity index (χ2v) is 5.92. The highest BCUT2D eigenvalue weighted by Crippen LogP contribution is 2.32. The second-order valence-electron chi connectivity index (χ2n) is 5.51. The number of benzene rings is 2. The number of nitrogens with two attached hydrogens (primary N) is 1. The molecule has 0 radical (unpaired) electrons. The van der Waals surface area contributed by atoms with E-state index in [0.717, 1.165) is 34.0 Å². The van der Waals surface area contributed by atoms with Crippen molar-refractivity contribution in [2.45, 2.75) is 19.6 Å². The molecule has 1 atom stereocenters. The Hall–Kier alpha value is -1.97. The molecule has 2 N–H and O–H groups in total. The van der Waals surface area contributed by atoms with Crippen LogP contribution in [0, 0.1) is 6.92 Å². The Morgan fingerprint density at radius 3 is 2.64 bits per heavy atom. The summed E-state index contributed by atoms with van der Waals surface area (Å²) in [6.07, 6.45) is 3.93. The van der Waals surface area contributed by atoms with Crippen LogP contribution in [0.2, 0.25) is 5.02 Å². The van der Waals surface area contributed by atoms with Crippen LogP contribution in [-0.4, -0.2) is 12.0 Å². The average molecular weight is 315 g/mol. The third-order valence-electron chi connectivity index (χ3n) is 4.01. The van der Waals surface area contributed by atoms with Crippen molar-refractivity contribution in [3.63, 3.8) is 0 Å². The van der Waals surface area contributed by atoms with Gasteiger partial charge >= 0.3 is 0 Å². The van der Waals surface area contributed by atoms with Crippen LogP contribution in [0.1, 0.15) is 28.4 Å². The first-order chi connectivity index (χ1) is 10.6. The van der Waals surface area contributed by atoms with Gasteiger partial charge in [0, 0.05) is 17.8 Å². The molecule has 1 aliphatic heterocycles. The molecular weight excluding hydrogens is 296 g/mol. The Kier molecular flexibility index (Phi) is 4.10. The quantitative estimate of drug-likeness (QED) is 0.927. The van der Waals surface area contributed by atoms with Crippen LogP contribution in [0.5, 0.6) is 5.75 Å². The number of fused-ring (bicyclic) bond motifs is 1. The summed E-state index contributed by atoms with van der Waals surface area (Å²) in [6, 6.07) is 12.1. The summed E-state index contributed by atoms with van der Waals surface area (Å²) in [5, 5.41) is 0.777. The van der Waals surface area contributed by atoms with Gasteiger partial charge < -0.3 is 15.4 Å². The Bertz CT molecular complexity index is 710. The van der Waals surface area contributed by atoms with Crippen LogP contribution in [0.15, 0.2) is 42.6 Å². The molecule has 1 unspecified atom stereocenters. The van der Waals surface area contributed by atoms with Gasteiger partial charge in [0.1, 0.15) is 11.9 Å².